The molecule has 0 amide bonds. The first-order valence-electron chi connectivity index (χ1n) is 6.92. The van der Waals surface area contributed by atoms with Crippen LogP contribution in [-0.4, -0.2) is 21.2 Å². The Bertz CT molecular complexity index is 615. The van der Waals surface area contributed by atoms with Crippen molar-refractivity contribution in [1.82, 2.24) is 5.32 Å². The summed E-state index contributed by atoms with van der Waals surface area (Å²) in [5, 5.41) is 3.31. The molecule has 0 saturated carbocycles. The van der Waals surface area contributed by atoms with Gasteiger partial charge in [-0.25, -0.2) is 0 Å². The minimum Gasteiger partial charge on any atom is -0.495 e. The van der Waals surface area contributed by atoms with Gasteiger partial charge in [0.05, 0.1) is 12.8 Å². The van der Waals surface area contributed by atoms with E-state index in [0.717, 1.165) is 21.6 Å². The molecule has 0 spiro atoms. The second-order valence-electron chi connectivity index (χ2n) is 4.94. The van der Waals surface area contributed by atoms with Crippen LogP contribution in [0.25, 0.3) is 0 Å². The number of halogens is 1. The second-order valence-corrected chi connectivity index (χ2v) is 5.86. The maximum absolute atomic E-state index is 5.47. The van der Waals surface area contributed by atoms with Crippen molar-refractivity contribution in [3.05, 3.63) is 52.5 Å². The highest BCUT2D eigenvalue weighted by molar-refractivity contribution is 9.10. The van der Waals surface area contributed by atoms with Gasteiger partial charge in [0.15, 0.2) is 0 Å². The van der Waals surface area contributed by atoms with Crippen molar-refractivity contribution in [3.8, 4) is 5.75 Å². The number of nitrogens with zero attached hydrogens (tertiary/aromatic N) is 1. The average Bonchev–Trinajstić information content (AvgIpc) is 2.53. The molecule has 21 heavy (non-hydrogen) atoms. The molecular weight excluding hydrogens is 328 g/mol. The van der Waals surface area contributed by atoms with E-state index >= 15 is 0 Å². The van der Waals surface area contributed by atoms with Crippen LogP contribution >= 0.6 is 15.9 Å². The van der Waals surface area contributed by atoms with Gasteiger partial charge in [-0.1, -0.05) is 28.1 Å². The SMILES string of the molecule is CNC(C)c1cc(Br)ccc1N(C)c1ccccc1OC. The predicted octanol–water partition coefficient (Wildman–Crippen LogP) is 4.51. The fraction of sp³-hybridized carbons (Fsp3) is 0.294. The molecule has 0 radical (unpaired) electrons. The van der Waals surface area contributed by atoms with E-state index in [1.165, 1.54) is 5.56 Å². The summed E-state index contributed by atoms with van der Waals surface area (Å²) >= 11 is 3.56. The molecule has 3 nitrogen and oxygen atoms in total. The Balaban J connectivity index is 2.50. The molecule has 1 N–H and O–H groups in total. The standard InChI is InChI=1S/C17H21BrN2O/c1-12(19-2)14-11-13(18)9-10-15(14)20(3)16-7-5-6-8-17(16)21-4/h5-12,19H,1-4H3. The van der Waals surface area contributed by atoms with Crippen molar-refractivity contribution in [2.45, 2.75) is 13.0 Å². The van der Waals surface area contributed by atoms with Crippen LogP contribution in [0.2, 0.25) is 0 Å². The maximum Gasteiger partial charge on any atom is 0.142 e. The number of hydrogen-bond acceptors (Lipinski definition) is 3. The van der Waals surface area contributed by atoms with Crippen molar-refractivity contribution < 1.29 is 4.74 Å². The highest BCUT2D eigenvalue weighted by Crippen LogP contribution is 2.36. The predicted molar refractivity (Wildman–Crippen MR) is 92.7 cm³/mol. The van der Waals surface area contributed by atoms with Crippen LogP contribution in [0.3, 0.4) is 0 Å². The third kappa shape index (κ3) is 3.39. The summed E-state index contributed by atoms with van der Waals surface area (Å²) in [6, 6.07) is 14.6. The Labute approximate surface area is 135 Å². The molecule has 0 aliphatic rings. The lowest BCUT2D eigenvalue weighted by Gasteiger charge is -2.26. The summed E-state index contributed by atoms with van der Waals surface area (Å²) in [4.78, 5) is 2.16. The number of nitrogens with one attached hydrogen (secondary N) is 1. The smallest absolute Gasteiger partial charge is 0.142 e. The molecule has 2 aromatic rings. The lowest BCUT2D eigenvalue weighted by Crippen LogP contribution is -2.18. The number of para-hydroxylation sites is 2. The fourth-order valence-corrected chi connectivity index (χ4v) is 2.75. The van der Waals surface area contributed by atoms with Gasteiger partial charge in [0.2, 0.25) is 0 Å². The summed E-state index contributed by atoms with van der Waals surface area (Å²) in [5.41, 5.74) is 3.44. The van der Waals surface area contributed by atoms with Gasteiger partial charge in [-0.05, 0) is 49.9 Å². The van der Waals surface area contributed by atoms with E-state index in [4.69, 9.17) is 4.74 Å². The van der Waals surface area contributed by atoms with E-state index in [-0.39, 0.29) is 6.04 Å². The molecule has 0 heterocycles. The third-order valence-electron chi connectivity index (χ3n) is 3.70. The molecule has 0 bridgehead atoms. The summed E-state index contributed by atoms with van der Waals surface area (Å²) in [6.45, 7) is 2.15. The first-order chi connectivity index (χ1) is 10.1. The van der Waals surface area contributed by atoms with Gasteiger partial charge >= 0.3 is 0 Å². The van der Waals surface area contributed by atoms with Crippen molar-refractivity contribution in [2.24, 2.45) is 0 Å². The van der Waals surface area contributed by atoms with Gasteiger partial charge in [-0.15, -0.1) is 0 Å². The quantitative estimate of drug-likeness (QED) is 0.860. The molecule has 1 unspecified atom stereocenters. The van der Waals surface area contributed by atoms with Gasteiger partial charge < -0.3 is 15.0 Å². The van der Waals surface area contributed by atoms with Crippen molar-refractivity contribution >= 4 is 27.3 Å². The van der Waals surface area contributed by atoms with E-state index in [2.05, 4.69) is 64.4 Å². The second kappa shape index (κ2) is 6.96. The van der Waals surface area contributed by atoms with E-state index in [1.54, 1.807) is 7.11 Å². The Kier molecular flexibility index (Phi) is 5.26. The zero-order valence-electron chi connectivity index (χ0n) is 12.9. The minimum atomic E-state index is 0.259. The van der Waals surface area contributed by atoms with Gasteiger partial charge in [0, 0.05) is 23.2 Å². The molecule has 0 aliphatic heterocycles. The molecule has 0 aromatic heterocycles. The largest absolute Gasteiger partial charge is 0.495 e. The number of methoxy groups -OCH3 is 1. The minimum absolute atomic E-state index is 0.259. The molecule has 4 heteroatoms. The normalized spacial score (nSPS) is 12.0. The molecule has 112 valence electrons. The van der Waals surface area contributed by atoms with Crippen molar-refractivity contribution in [3.63, 3.8) is 0 Å². The van der Waals surface area contributed by atoms with Crippen molar-refractivity contribution in [1.29, 1.82) is 0 Å². The molecule has 0 aliphatic carbocycles. The molecule has 2 rings (SSSR count). The van der Waals surface area contributed by atoms with Gasteiger partial charge in [0.25, 0.3) is 0 Å². The monoisotopic (exact) mass is 348 g/mol. The third-order valence-corrected chi connectivity index (χ3v) is 4.19. The molecular formula is C17H21BrN2O. The van der Waals surface area contributed by atoms with E-state index in [9.17, 15) is 0 Å². The lowest BCUT2D eigenvalue weighted by molar-refractivity contribution is 0.415. The Morgan fingerprint density at radius 1 is 1.14 bits per heavy atom. The summed E-state index contributed by atoms with van der Waals surface area (Å²) in [6.07, 6.45) is 0. The van der Waals surface area contributed by atoms with Crippen LogP contribution in [0.4, 0.5) is 11.4 Å². The number of ether oxygens (including phenoxy) is 1. The number of rotatable bonds is 5. The van der Waals surface area contributed by atoms with E-state index < -0.39 is 0 Å². The molecule has 1 atom stereocenters. The van der Waals surface area contributed by atoms with Crippen LogP contribution in [-0.2, 0) is 0 Å². The maximum atomic E-state index is 5.47. The van der Waals surface area contributed by atoms with E-state index in [0.29, 0.717) is 0 Å². The zero-order chi connectivity index (χ0) is 15.4. The summed E-state index contributed by atoms with van der Waals surface area (Å²) in [5.74, 6) is 0.867. The molecule has 0 fully saturated rings. The first kappa shape index (κ1) is 15.9. The van der Waals surface area contributed by atoms with Gasteiger partial charge in [-0.2, -0.15) is 0 Å². The molecule has 0 saturated heterocycles. The summed E-state index contributed by atoms with van der Waals surface area (Å²) < 4.78 is 6.55. The highest BCUT2D eigenvalue weighted by atomic mass is 79.9. The van der Waals surface area contributed by atoms with Crippen LogP contribution in [0.15, 0.2) is 46.9 Å². The van der Waals surface area contributed by atoms with E-state index in [1.807, 2.05) is 25.2 Å². The lowest BCUT2D eigenvalue weighted by atomic mass is 10.0. The van der Waals surface area contributed by atoms with Gasteiger partial charge in [0.1, 0.15) is 5.75 Å². The Morgan fingerprint density at radius 2 is 1.86 bits per heavy atom. The van der Waals surface area contributed by atoms with Crippen LogP contribution < -0.4 is 15.0 Å². The van der Waals surface area contributed by atoms with Crippen LogP contribution in [0.1, 0.15) is 18.5 Å². The Hall–Kier alpha value is -1.52. The Morgan fingerprint density at radius 3 is 2.52 bits per heavy atom. The summed E-state index contributed by atoms with van der Waals surface area (Å²) in [7, 11) is 5.73. The highest BCUT2D eigenvalue weighted by Gasteiger charge is 2.16. The number of benzene rings is 2. The van der Waals surface area contributed by atoms with Crippen molar-refractivity contribution in [2.75, 3.05) is 26.1 Å². The molecule has 2 aromatic carbocycles. The average molecular weight is 349 g/mol. The van der Waals surface area contributed by atoms with Gasteiger partial charge in [-0.3, -0.25) is 0 Å². The fourth-order valence-electron chi connectivity index (χ4n) is 2.37. The topological polar surface area (TPSA) is 24.5 Å². The number of hydrogen-bond donors (Lipinski definition) is 1. The van der Waals surface area contributed by atoms with Crippen LogP contribution in [0, 0.1) is 0 Å². The van der Waals surface area contributed by atoms with Crippen LogP contribution in [0.5, 0.6) is 5.75 Å². The zero-order valence-corrected chi connectivity index (χ0v) is 14.4. The first-order valence-corrected chi connectivity index (χ1v) is 7.71. The number of anilines is 2.